The van der Waals surface area contributed by atoms with Gasteiger partial charge in [-0.2, -0.15) is 0 Å². The summed E-state index contributed by atoms with van der Waals surface area (Å²) in [4.78, 5) is 11.4. The Balaban J connectivity index is 2.80. The zero-order valence-electron chi connectivity index (χ0n) is 6.29. The van der Waals surface area contributed by atoms with E-state index in [1.165, 1.54) is 18.4 Å². The van der Waals surface area contributed by atoms with E-state index in [0.29, 0.717) is 10.6 Å². The molecule has 0 aliphatic rings. The second-order valence-electron chi connectivity index (χ2n) is 1.84. The van der Waals surface area contributed by atoms with E-state index >= 15 is 0 Å². The smallest absolute Gasteiger partial charge is 0.348 e. The molecule has 1 rings (SSSR count). The van der Waals surface area contributed by atoms with E-state index in [2.05, 4.69) is 4.74 Å². The summed E-state index contributed by atoms with van der Waals surface area (Å²) >= 11 is 1.31. The van der Waals surface area contributed by atoms with Crippen molar-refractivity contribution >= 4 is 17.3 Å². The summed E-state index contributed by atoms with van der Waals surface area (Å²) < 4.78 is 9.40. The zero-order chi connectivity index (χ0) is 8.27. The molecule has 0 unspecified atom stereocenters. The van der Waals surface area contributed by atoms with Gasteiger partial charge in [0.25, 0.3) is 0 Å². The second-order valence-corrected chi connectivity index (χ2v) is 2.75. The van der Waals surface area contributed by atoms with E-state index in [-0.39, 0.29) is 5.97 Å². The van der Waals surface area contributed by atoms with Crippen molar-refractivity contribution in [2.24, 2.45) is 0 Å². The van der Waals surface area contributed by atoms with Crippen LogP contribution < -0.4 is 4.74 Å². The van der Waals surface area contributed by atoms with Crippen LogP contribution in [0.1, 0.15) is 9.67 Å². The lowest BCUT2D eigenvalue weighted by molar-refractivity contribution is 0.0606. The van der Waals surface area contributed by atoms with E-state index in [1.54, 1.807) is 18.6 Å². The summed E-state index contributed by atoms with van der Waals surface area (Å²) in [5.41, 5.74) is 0. The van der Waals surface area contributed by atoms with E-state index in [1.807, 2.05) is 0 Å². The number of carbonyl (C=O) groups is 1. The van der Waals surface area contributed by atoms with Crippen LogP contribution in [0.25, 0.3) is 0 Å². The summed E-state index contributed by atoms with van der Waals surface area (Å²) in [6.45, 7) is 0. The number of methoxy groups -OCH3 is 2. The maximum absolute atomic E-state index is 10.9. The van der Waals surface area contributed by atoms with Gasteiger partial charge in [0, 0.05) is 11.4 Å². The third-order valence-corrected chi connectivity index (χ3v) is 2.09. The SMILES string of the molecule is COC(=O)c1cc(OC)cs1. The fraction of sp³-hybridized carbons (Fsp3) is 0.286. The molecule has 0 bridgehead atoms. The van der Waals surface area contributed by atoms with Crippen LogP contribution in [0.15, 0.2) is 11.4 Å². The van der Waals surface area contributed by atoms with Crippen molar-refractivity contribution in [3.8, 4) is 5.75 Å². The highest BCUT2D eigenvalue weighted by atomic mass is 32.1. The van der Waals surface area contributed by atoms with Crippen molar-refractivity contribution in [3.05, 3.63) is 16.3 Å². The highest BCUT2D eigenvalue weighted by Crippen LogP contribution is 2.21. The molecule has 1 heterocycles. The molecule has 11 heavy (non-hydrogen) atoms. The lowest BCUT2D eigenvalue weighted by atomic mass is 10.4. The number of rotatable bonds is 2. The first-order valence-electron chi connectivity index (χ1n) is 2.98. The first-order chi connectivity index (χ1) is 5.27. The highest BCUT2D eigenvalue weighted by Gasteiger charge is 2.08. The van der Waals surface area contributed by atoms with Gasteiger partial charge in [-0.1, -0.05) is 0 Å². The molecule has 4 heteroatoms. The van der Waals surface area contributed by atoms with Crippen LogP contribution in [0, 0.1) is 0 Å². The Labute approximate surface area is 68.6 Å². The summed E-state index contributed by atoms with van der Waals surface area (Å²) in [7, 11) is 2.91. The van der Waals surface area contributed by atoms with E-state index in [0.717, 1.165) is 0 Å². The Morgan fingerprint density at radius 3 is 2.73 bits per heavy atom. The van der Waals surface area contributed by atoms with Gasteiger partial charge in [-0.25, -0.2) is 4.79 Å². The van der Waals surface area contributed by atoms with Gasteiger partial charge in [0.15, 0.2) is 0 Å². The Morgan fingerprint density at radius 1 is 1.55 bits per heavy atom. The minimum absolute atomic E-state index is 0.321. The Hall–Kier alpha value is -1.03. The third-order valence-electron chi connectivity index (χ3n) is 1.20. The molecular weight excluding hydrogens is 164 g/mol. The fourth-order valence-corrected chi connectivity index (χ4v) is 1.40. The fourth-order valence-electron chi connectivity index (χ4n) is 0.633. The molecule has 1 aromatic heterocycles. The summed E-state index contributed by atoms with van der Waals surface area (Å²) in [6, 6.07) is 1.65. The third kappa shape index (κ3) is 1.71. The quantitative estimate of drug-likeness (QED) is 0.635. The van der Waals surface area contributed by atoms with E-state index < -0.39 is 0 Å². The number of ether oxygens (including phenoxy) is 2. The van der Waals surface area contributed by atoms with Crippen molar-refractivity contribution in [3.63, 3.8) is 0 Å². The van der Waals surface area contributed by atoms with Crippen molar-refractivity contribution < 1.29 is 14.3 Å². The molecule has 0 saturated carbocycles. The van der Waals surface area contributed by atoms with Crippen molar-refractivity contribution in [2.45, 2.75) is 0 Å². The minimum Gasteiger partial charge on any atom is -0.496 e. The van der Waals surface area contributed by atoms with Crippen LogP contribution in [0.2, 0.25) is 0 Å². The van der Waals surface area contributed by atoms with Gasteiger partial charge in [-0.3, -0.25) is 0 Å². The normalized spacial score (nSPS) is 9.27. The average Bonchev–Trinajstić information content (AvgIpc) is 2.50. The maximum Gasteiger partial charge on any atom is 0.348 e. The molecule has 60 valence electrons. The van der Waals surface area contributed by atoms with E-state index in [4.69, 9.17) is 4.74 Å². The predicted octanol–water partition coefficient (Wildman–Crippen LogP) is 1.54. The Kier molecular flexibility index (Phi) is 2.48. The van der Waals surface area contributed by atoms with Crippen molar-refractivity contribution in [1.82, 2.24) is 0 Å². The van der Waals surface area contributed by atoms with Gasteiger partial charge < -0.3 is 9.47 Å². The largest absolute Gasteiger partial charge is 0.496 e. The number of carbonyl (C=O) groups excluding carboxylic acids is 1. The Bertz CT molecular complexity index is 254. The summed E-state index contributed by atoms with van der Waals surface area (Å²) in [5, 5.41) is 1.76. The number of esters is 1. The first kappa shape index (κ1) is 8.07. The van der Waals surface area contributed by atoms with Gasteiger partial charge in [-0.15, -0.1) is 11.3 Å². The van der Waals surface area contributed by atoms with E-state index in [9.17, 15) is 4.79 Å². The van der Waals surface area contributed by atoms with Gasteiger partial charge in [0.2, 0.25) is 0 Å². The first-order valence-corrected chi connectivity index (χ1v) is 3.86. The standard InChI is InChI=1S/C7H8O3S/c1-9-5-3-6(11-4-5)7(8)10-2/h3-4H,1-2H3. The molecule has 0 N–H and O–H groups in total. The molecule has 0 aromatic carbocycles. The topological polar surface area (TPSA) is 35.5 Å². The molecule has 0 fully saturated rings. The number of hydrogen-bond donors (Lipinski definition) is 0. The molecule has 0 spiro atoms. The molecule has 0 atom stereocenters. The summed E-state index contributed by atoms with van der Waals surface area (Å²) in [6.07, 6.45) is 0. The van der Waals surface area contributed by atoms with Crippen LogP contribution >= 0.6 is 11.3 Å². The highest BCUT2D eigenvalue weighted by molar-refractivity contribution is 7.12. The molecular formula is C7H8O3S. The molecule has 0 radical (unpaired) electrons. The predicted molar refractivity (Wildman–Crippen MR) is 42.2 cm³/mol. The molecule has 0 aliphatic heterocycles. The number of thiophene rings is 1. The van der Waals surface area contributed by atoms with Crippen LogP contribution in [-0.4, -0.2) is 20.2 Å². The van der Waals surface area contributed by atoms with Gasteiger partial charge >= 0.3 is 5.97 Å². The molecule has 0 aliphatic carbocycles. The minimum atomic E-state index is -0.321. The zero-order valence-corrected chi connectivity index (χ0v) is 7.10. The maximum atomic E-state index is 10.9. The molecule has 1 aromatic rings. The van der Waals surface area contributed by atoms with Crippen molar-refractivity contribution in [1.29, 1.82) is 0 Å². The van der Waals surface area contributed by atoms with Crippen LogP contribution in [0.3, 0.4) is 0 Å². The van der Waals surface area contributed by atoms with Gasteiger partial charge in [0.05, 0.1) is 14.2 Å². The number of hydrogen-bond acceptors (Lipinski definition) is 4. The van der Waals surface area contributed by atoms with Crippen molar-refractivity contribution in [2.75, 3.05) is 14.2 Å². The van der Waals surface area contributed by atoms with Gasteiger partial charge in [-0.05, 0) is 0 Å². The molecule has 3 nitrogen and oxygen atoms in total. The van der Waals surface area contributed by atoms with Crippen LogP contribution in [0.5, 0.6) is 5.75 Å². The van der Waals surface area contributed by atoms with Gasteiger partial charge in [0.1, 0.15) is 10.6 Å². The lowest BCUT2D eigenvalue weighted by Gasteiger charge is -1.91. The molecule has 0 amide bonds. The monoisotopic (exact) mass is 172 g/mol. The second kappa shape index (κ2) is 3.39. The Morgan fingerprint density at radius 2 is 2.27 bits per heavy atom. The lowest BCUT2D eigenvalue weighted by Crippen LogP contribution is -1.96. The molecule has 0 saturated heterocycles. The van der Waals surface area contributed by atoms with Crippen LogP contribution in [0.4, 0.5) is 0 Å². The van der Waals surface area contributed by atoms with Crippen LogP contribution in [-0.2, 0) is 4.74 Å². The summed E-state index contributed by atoms with van der Waals surface area (Å²) in [5.74, 6) is 0.369. The average molecular weight is 172 g/mol.